The van der Waals surface area contributed by atoms with Crippen LogP contribution >= 0.6 is 0 Å². The molecule has 1 amide bonds. The topological polar surface area (TPSA) is 72.7 Å². The van der Waals surface area contributed by atoms with E-state index in [2.05, 4.69) is 20.3 Å². The Bertz CT molecular complexity index is 1250. The number of rotatable bonds is 4. The molecule has 3 aromatic heterocycles. The van der Waals surface area contributed by atoms with Gasteiger partial charge in [0, 0.05) is 24.8 Å². The van der Waals surface area contributed by atoms with Gasteiger partial charge in [-0.3, -0.25) is 9.78 Å². The zero-order chi connectivity index (χ0) is 21.5. The maximum atomic E-state index is 13.1. The first-order valence-electron chi connectivity index (χ1n) is 9.15. The second kappa shape index (κ2) is 7.40. The number of aryl methyl sites for hydroxylation is 1. The van der Waals surface area contributed by atoms with E-state index in [9.17, 15) is 9.18 Å². The Morgan fingerprint density at radius 3 is 2.40 bits per heavy atom. The molecule has 0 saturated carbocycles. The van der Waals surface area contributed by atoms with Crippen LogP contribution in [-0.4, -0.2) is 41.1 Å². The van der Waals surface area contributed by atoms with Gasteiger partial charge in [0.15, 0.2) is 0 Å². The number of hydrogen-bond donors (Lipinski definition) is 1. The van der Waals surface area contributed by atoms with Gasteiger partial charge in [0.05, 0.1) is 33.3 Å². The zero-order valence-electron chi connectivity index (χ0n) is 16.4. The maximum Gasteiger partial charge on any atom is 0.218 e. The Kier molecular flexibility index (Phi) is 4.89. The molecular formula is C21H16B2FN5O. The van der Waals surface area contributed by atoms with E-state index < -0.39 is 16.9 Å². The third-order valence-electron chi connectivity index (χ3n) is 5.03. The first-order chi connectivity index (χ1) is 14.3. The highest BCUT2D eigenvalue weighted by atomic mass is 19.1. The van der Waals surface area contributed by atoms with Crippen LogP contribution in [0, 0.1) is 12.7 Å². The van der Waals surface area contributed by atoms with Crippen LogP contribution in [0.5, 0.6) is 0 Å². The van der Waals surface area contributed by atoms with Gasteiger partial charge in [0.25, 0.3) is 0 Å². The van der Waals surface area contributed by atoms with Crippen molar-refractivity contribution in [3.05, 3.63) is 72.2 Å². The quantitative estimate of drug-likeness (QED) is 0.540. The molecule has 4 aromatic rings. The molecular weight excluding hydrogens is 379 g/mol. The number of amides is 1. The Balaban J connectivity index is 1.63. The van der Waals surface area contributed by atoms with Crippen LogP contribution in [0.4, 0.5) is 10.2 Å². The normalized spacial score (nSPS) is 11.6. The fourth-order valence-electron chi connectivity index (χ4n) is 3.06. The molecule has 0 saturated heterocycles. The molecule has 4 radical (unpaired) electrons. The predicted octanol–water partition coefficient (Wildman–Crippen LogP) is 2.61. The third kappa shape index (κ3) is 3.58. The Morgan fingerprint density at radius 2 is 1.73 bits per heavy atom. The Hall–Kier alpha value is -3.48. The Morgan fingerprint density at radius 1 is 1.03 bits per heavy atom. The summed E-state index contributed by atoms with van der Waals surface area (Å²) < 4.78 is 15.1. The Labute approximate surface area is 175 Å². The van der Waals surface area contributed by atoms with Crippen molar-refractivity contribution in [1.29, 1.82) is 0 Å². The highest BCUT2D eigenvalue weighted by Gasteiger charge is 2.29. The standard InChI is InChI=1S/C21H16B2FN5O/c1-12-25-11-18(29(12)2)17-7-13-8-19(27-10-14(13)9-26-17)28-20(30)21(22,23)15-3-5-16(24)6-4-15/h3-11H,1-2H3,(H,27,28,30). The zero-order valence-corrected chi connectivity index (χ0v) is 16.4. The largest absolute Gasteiger partial charge is 0.330 e. The first kappa shape index (κ1) is 19.8. The minimum atomic E-state index is -1.85. The van der Waals surface area contributed by atoms with Crippen molar-refractivity contribution in [3.63, 3.8) is 0 Å². The average Bonchev–Trinajstić information content (AvgIpc) is 3.06. The van der Waals surface area contributed by atoms with Crippen molar-refractivity contribution in [2.45, 2.75) is 12.1 Å². The van der Waals surface area contributed by atoms with Crippen LogP contribution in [0.2, 0.25) is 0 Å². The number of nitrogens with zero attached hydrogens (tertiary/aromatic N) is 4. The highest BCUT2D eigenvalue weighted by molar-refractivity contribution is 6.52. The van der Waals surface area contributed by atoms with E-state index in [4.69, 9.17) is 15.7 Å². The fourth-order valence-corrected chi connectivity index (χ4v) is 3.06. The molecule has 4 rings (SSSR count). The van der Waals surface area contributed by atoms with Gasteiger partial charge in [0.1, 0.15) is 17.5 Å². The van der Waals surface area contributed by atoms with Crippen molar-refractivity contribution in [2.75, 3.05) is 5.32 Å². The average molecular weight is 395 g/mol. The number of pyridine rings is 2. The molecule has 0 aliphatic carbocycles. The minimum absolute atomic E-state index is 0.278. The number of aromatic nitrogens is 4. The van der Waals surface area contributed by atoms with Crippen LogP contribution in [0.1, 0.15) is 11.4 Å². The van der Waals surface area contributed by atoms with Crippen LogP contribution in [0.25, 0.3) is 22.2 Å². The molecule has 0 atom stereocenters. The molecule has 144 valence electrons. The summed E-state index contributed by atoms with van der Waals surface area (Å²) >= 11 is 0. The number of carbonyl (C=O) groups excluding carboxylic acids is 1. The molecule has 0 fully saturated rings. The lowest BCUT2D eigenvalue weighted by atomic mass is 9.50. The SMILES string of the molecule is [B]C([B])(C(=O)Nc1cc2cc(-c3cnc(C)n3C)ncc2cn1)c1ccc(F)cc1. The molecule has 0 aliphatic rings. The third-order valence-corrected chi connectivity index (χ3v) is 5.03. The number of hydrogen-bond acceptors (Lipinski definition) is 4. The van der Waals surface area contributed by atoms with Gasteiger partial charge < -0.3 is 9.88 Å². The lowest BCUT2D eigenvalue weighted by Gasteiger charge is -2.25. The van der Waals surface area contributed by atoms with Gasteiger partial charge in [-0.2, -0.15) is 0 Å². The number of anilines is 1. The molecule has 0 unspecified atom stereocenters. The van der Waals surface area contributed by atoms with Crippen molar-refractivity contribution >= 4 is 38.2 Å². The fraction of sp³-hybridized carbons (Fsp3) is 0.143. The van der Waals surface area contributed by atoms with Crippen LogP contribution < -0.4 is 5.32 Å². The minimum Gasteiger partial charge on any atom is -0.330 e. The van der Waals surface area contributed by atoms with Crippen molar-refractivity contribution in [3.8, 4) is 11.4 Å². The summed E-state index contributed by atoms with van der Waals surface area (Å²) in [6.07, 6.45) is 5.07. The first-order valence-corrected chi connectivity index (χ1v) is 9.15. The van der Waals surface area contributed by atoms with E-state index in [1.54, 1.807) is 24.7 Å². The van der Waals surface area contributed by atoms with E-state index in [1.165, 1.54) is 24.3 Å². The summed E-state index contributed by atoms with van der Waals surface area (Å²) in [5, 5.41) is 2.41. The van der Waals surface area contributed by atoms with Crippen LogP contribution in [-0.2, 0) is 17.1 Å². The van der Waals surface area contributed by atoms with E-state index in [0.29, 0.717) is 0 Å². The van der Waals surface area contributed by atoms with E-state index in [0.717, 1.165) is 28.0 Å². The lowest BCUT2D eigenvalue weighted by Crippen LogP contribution is -2.41. The summed E-state index contributed by atoms with van der Waals surface area (Å²) in [5.74, 6) is 0.0440. The second-order valence-corrected chi connectivity index (χ2v) is 7.07. The van der Waals surface area contributed by atoms with Gasteiger partial charge in [-0.1, -0.05) is 12.1 Å². The number of imidazole rings is 1. The molecule has 1 aromatic carbocycles. The summed E-state index contributed by atoms with van der Waals surface area (Å²) in [5.41, 5.74) is 1.89. The predicted molar refractivity (Wildman–Crippen MR) is 115 cm³/mol. The number of fused-ring (bicyclic) bond motifs is 1. The molecule has 0 bridgehead atoms. The highest BCUT2D eigenvalue weighted by Crippen LogP contribution is 2.25. The monoisotopic (exact) mass is 395 g/mol. The van der Waals surface area contributed by atoms with E-state index >= 15 is 0 Å². The molecule has 6 nitrogen and oxygen atoms in total. The summed E-state index contributed by atoms with van der Waals surface area (Å²) in [6, 6.07) is 8.73. The van der Waals surface area contributed by atoms with Crippen LogP contribution in [0.15, 0.2) is 55.0 Å². The summed E-state index contributed by atoms with van der Waals surface area (Å²) in [4.78, 5) is 25.7. The van der Waals surface area contributed by atoms with E-state index in [-0.39, 0.29) is 11.4 Å². The second-order valence-electron chi connectivity index (χ2n) is 7.07. The van der Waals surface area contributed by atoms with E-state index in [1.807, 2.05) is 24.6 Å². The maximum absolute atomic E-state index is 13.1. The lowest BCUT2D eigenvalue weighted by molar-refractivity contribution is -0.117. The molecule has 30 heavy (non-hydrogen) atoms. The molecule has 0 spiro atoms. The molecule has 1 N–H and O–H groups in total. The molecule has 9 heteroatoms. The summed E-state index contributed by atoms with van der Waals surface area (Å²) in [6.45, 7) is 1.91. The number of benzene rings is 1. The summed E-state index contributed by atoms with van der Waals surface area (Å²) in [7, 11) is 13.9. The van der Waals surface area contributed by atoms with Gasteiger partial charge in [-0.15, -0.1) is 0 Å². The van der Waals surface area contributed by atoms with Gasteiger partial charge >= 0.3 is 0 Å². The van der Waals surface area contributed by atoms with Crippen LogP contribution in [0.3, 0.4) is 0 Å². The van der Waals surface area contributed by atoms with Crippen molar-refractivity contribution < 1.29 is 9.18 Å². The van der Waals surface area contributed by atoms with Gasteiger partial charge in [0.2, 0.25) is 5.91 Å². The number of carbonyl (C=O) groups is 1. The number of nitrogens with one attached hydrogen (secondary N) is 1. The van der Waals surface area contributed by atoms with Crippen molar-refractivity contribution in [2.24, 2.45) is 7.05 Å². The number of halogens is 1. The smallest absolute Gasteiger partial charge is 0.218 e. The molecule has 0 aliphatic heterocycles. The molecule has 3 heterocycles. The van der Waals surface area contributed by atoms with Crippen molar-refractivity contribution in [1.82, 2.24) is 19.5 Å². The van der Waals surface area contributed by atoms with Gasteiger partial charge in [-0.25, -0.2) is 14.4 Å². The van der Waals surface area contributed by atoms with Gasteiger partial charge in [-0.05, 0) is 47.4 Å².